The molecule has 10 heteroatoms. The van der Waals surface area contributed by atoms with Crippen LogP contribution in [0.15, 0.2) is 53.1 Å². The molecule has 3 aromatic rings. The summed E-state index contributed by atoms with van der Waals surface area (Å²) in [6, 6.07) is 12.4. The largest absolute Gasteiger partial charge is 0.497 e. The summed E-state index contributed by atoms with van der Waals surface area (Å²) >= 11 is 0. The number of alkyl halides is 3. The van der Waals surface area contributed by atoms with Gasteiger partial charge in [0.2, 0.25) is 17.6 Å². The highest BCUT2D eigenvalue weighted by Gasteiger charge is 2.30. The smallest absolute Gasteiger partial charge is 0.416 e. The molecule has 0 spiro atoms. The minimum atomic E-state index is -4.39. The van der Waals surface area contributed by atoms with Crippen LogP contribution in [0.5, 0.6) is 5.75 Å². The van der Waals surface area contributed by atoms with Crippen LogP contribution in [0.4, 0.5) is 13.2 Å². The van der Waals surface area contributed by atoms with E-state index in [0.29, 0.717) is 50.5 Å². The molecule has 7 nitrogen and oxygen atoms in total. The third kappa shape index (κ3) is 6.60. The highest BCUT2D eigenvalue weighted by molar-refractivity contribution is 5.76. The first kappa shape index (κ1) is 24.7. The molecule has 1 aliphatic rings. The van der Waals surface area contributed by atoms with Gasteiger partial charge in [0.15, 0.2) is 0 Å². The molecule has 35 heavy (non-hydrogen) atoms. The number of hydrogen-bond donors (Lipinski definition) is 0. The highest BCUT2D eigenvalue weighted by Crippen LogP contribution is 2.30. The molecule has 2 heterocycles. The second-order valence-corrected chi connectivity index (χ2v) is 8.45. The molecule has 2 aromatic carbocycles. The number of halogens is 3. The fourth-order valence-corrected chi connectivity index (χ4v) is 4.02. The van der Waals surface area contributed by atoms with Crippen LogP contribution in [-0.2, 0) is 23.9 Å². The van der Waals surface area contributed by atoms with Crippen molar-refractivity contribution in [1.82, 2.24) is 19.9 Å². The maximum Gasteiger partial charge on any atom is 0.416 e. The number of carbonyl (C=O) groups is 1. The van der Waals surface area contributed by atoms with Crippen molar-refractivity contribution in [2.45, 2.75) is 32.0 Å². The Morgan fingerprint density at radius 1 is 1.03 bits per heavy atom. The minimum Gasteiger partial charge on any atom is -0.497 e. The molecule has 1 amide bonds. The number of rotatable bonds is 7. The Bertz CT molecular complexity index is 1110. The van der Waals surface area contributed by atoms with E-state index in [1.54, 1.807) is 7.11 Å². The normalized spacial score (nSPS) is 15.1. The first-order valence-corrected chi connectivity index (χ1v) is 11.4. The van der Waals surface area contributed by atoms with Gasteiger partial charge in [-0.1, -0.05) is 29.4 Å². The van der Waals surface area contributed by atoms with Crippen LogP contribution in [0.3, 0.4) is 0 Å². The first-order chi connectivity index (χ1) is 16.8. The van der Waals surface area contributed by atoms with Gasteiger partial charge < -0.3 is 14.2 Å². The summed E-state index contributed by atoms with van der Waals surface area (Å²) in [4.78, 5) is 21.1. The molecule has 0 N–H and O–H groups in total. The topological polar surface area (TPSA) is 71.7 Å². The van der Waals surface area contributed by atoms with Crippen molar-refractivity contribution in [3.8, 4) is 17.1 Å². The predicted octanol–water partition coefficient (Wildman–Crippen LogP) is 4.43. The number of amides is 1. The summed E-state index contributed by atoms with van der Waals surface area (Å²) in [6.07, 6.45) is -2.43. The fraction of sp³-hybridized carbons (Fsp3) is 0.400. The molecule has 1 aromatic heterocycles. The molecule has 0 saturated carbocycles. The van der Waals surface area contributed by atoms with Crippen molar-refractivity contribution in [2.24, 2.45) is 0 Å². The van der Waals surface area contributed by atoms with Gasteiger partial charge in [-0.3, -0.25) is 9.69 Å². The molecule has 0 bridgehead atoms. The van der Waals surface area contributed by atoms with Crippen LogP contribution in [0, 0.1) is 0 Å². The van der Waals surface area contributed by atoms with Crippen LogP contribution in [0.25, 0.3) is 11.4 Å². The van der Waals surface area contributed by atoms with Crippen LogP contribution in [0.1, 0.15) is 29.9 Å². The third-order valence-electron chi connectivity index (χ3n) is 6.03. The standard InChI is InChI=1S/C25H27F3N4O3/c1-34-21-10-3-18(4-11-21)5-12-23(33)32-14-2-13-31(15-16-32)17-22-29-24(30-35-22)19-6-8-20(9-7-19)25(26,27)28/h3-4,6-11H,2,5,12-17H2,1H3. The van der Waals surface area contributed by atoms with Gasteiger partial charge in [-0.2, -0.15) is 18.2 Å². The van der Waals surface area contributed by atoms with E-state index in [1.807, 2.05) is 29.2 Å². The molecule has 1 saturated heterocycles. The van der Waals surface area contributed by atoms with Crippen LogP contribution in [-0.4, -0.2) is 59.1 Å². The lowest BCUT2D eigenvalue weighted by Crippen LogP contribution is -2.35. The second kappa shape index (κ2) is 10.9. The maximum atomic E-state index is 12.8. The maximum absolute atomic E-state index is 12.8. The van der Waals surface area contributed by atoms with Gasteiger partial charge in [0.1, 0.15) is 5.75 Å². The Morgan fingerprint density at radius 3 is 2.46 bits per heavy atom. The number of carbonyl (C=O) groups excluding carboxylic acids is 1. The fourth-order valence-electron chi connectivity index (χ4n) is 4.02. The van der Waals surface area contributed by atoms with Crippen LogP contribution < -0.4 is 4.74 Å². The van der Waals surface area contributed by atoms with E-state index in [0.717, 1.165) is 36.4 Å². The molecule has 0 aliphatic carbocycles. The second-order valence-electron chi connectivity index (χ2n) is 8.45. The Morgan fingerprint density at radius 2 is 1.77 bits per heavy atom. The summed E-state index contributed by atoms with van der Waals surface area (Å²) in [7, 11) is 1.62. The van der Waals surface area contributed by atoms with Crippen molar-refractivity contribution >= 4 is 5.91 Å². The summed E-state index contributed by atoms with van der Waals surface area (Å²) < 4.78 is 48.8. The monoisotopic (exact) mass is 488 g/mol. The molecule has 0 radical (unpaired) electrons. The number of benzene rings is 2. The van der Waals surface area contributed by atoms with Crippen molar-refractivity contribution in [1.29, 1.82) is 0 Å². The Labute approximate surface area is 201 Å². The van der Waals surface area contributed by atoms with Gasteiger partial charge in [-0.25, -0.2) is 0 Å². The summed E-state index contributed by atoms with van der Waals surface area (Å²) in [5.74, 6) is 1.56. The molecule has 0 atom stereocenters. The van der Waals surface area contributed by atoms with Crippen LogP contribution >= 0.6 is 0 Å². The summed E-state index contributed by atoms with van der Waals surface area (Å²) in [6.45, 7) is 3.17. The number of aromatic nitrogens is 2. The Kier molecular flexibility index (Phi) is 7.70. The molecule has 1 aliphatic heterocycles. The molecule has 1 fully saturated rings. The molecule has 4 rings (SSSR count). The molecule has 0 unspecified atom stereocenters. The highest BCUT2D eigenvalue weighted by atomic mass is 19.4. The zero-order chi connectivity index (χ0) is 24.8. The van der Waals surface area contributed by atoms with Crippen molar-refractivity contribution < 1.29 is 27.2 Å². The van der Waals surface area contributed by atoms with Gasteiger partial charge >= 0.3 is 6.18 Å². The van der Waals surface area contributed by atoms with Gasteiger partial charge in [0, 0.05) is 38.2 Å². The first-order valence-electron chi connectivity index (χ1n) is 11.4. The number of ether oxygens (including phenoxy) is 1. The lowest BCUT2D eigenvalue weighted by atomic mass is 10.1. The van der Waals surface area contributed by atoms with Crippen LogP contribution in [0.2, 0.25) is 0 Å². The van der Waals surface area contributed by atoms with E-state index < -0.39 is 11.7 Å². The number of aryl methyl sites for hydroxylation is 1. The minimum absolute atomic E-state index is 0.130. The number of methoxy groups -OCH3 is 1. The Hall–Kier alpha value is -3.40. The molecular weight excluding hydrogens is 461 g/mol. The lowest BCUT2D eigenvalue weighted by molar-refractivity contribution is -0.137. The predicted molar refractivity (Wildman–Crippen MR) is 123 cm³/mol. The van der Waals surface area contributed by atoms with Gasteiger partial charge in [0.25, 0.3) is 0 Å². The third-order valence-corrected chi connectivity index (χ3v) is 6.03. The van der Waals surface area contributed by atoms with E-state index in [1.165, 1.54) is 12.1 Å². The lowest BCUT2D eigenvalue weighted by Gasteiger charge is -2.21. The summed E-state index contributed by atoms with van der Waals surface area (Å²) in [5, 5.41) is 3.91. The SMILES string of the molecule is COc1ccc(CCC(=O)N2CCCN(Cc3nc(-c4ccc(C(F)(F)F)cc4)no3)CC2)cc1. The number of nitrogens with zero attached hydrogens (tertiary/aromatic N) is 4. The van der Waals surface area contributed by atoms with Crippen molar-refractivity contribution in [3.05, 3.63) is 65.5 Å². The summed E-state index contributed by atoms with van der Waals surface area (Å²) in [5.41, 5.74) is 0.825. The van der Waals surface area contributed by atoms with E-state index in [4.69, 9.17) is 9.26 Å². The average molecular weight is 489 g/mol. The van der Waals surface area contributed by atoms with Crippen molar-refractivity contribution in [3.63, 3.8) is 0 Å². The van der Waals surface area contributed by atoms with Crippen molar-refractivity contribution in [2.75, 3.05) is 33.3 Å². The Balaban J connectivity index is 1.27. The van der Waals surface area contributed by atoms with Gasteiger partial charge in [0.05, 0.1) is 19.2 Å². The van der Waals surface area contributed by atoms with E-state index >= 15 is 0 Å². The van der Waals surface area contributed by atoms with Gasteiger partial charge in [-0.15, -0.1) is 0 Å². The number of hydrogen-bond acceptors (Lipinski definition) is 6. The van der Waals surface area contributed by atoms with Gasteiger partial charge in [-0.05, 0) is 42.7 Å². The quantitative estimate of drug-likeness (QED) is 0.490. The van der Waals surface area contributed by atoms with E-state index in [-0.39, 0.29) is 11.7 Å². The average Bonchev–Trinajstić information content (AvgIpc) is 3.20. The zero-order valence-electron chi connectivity index (χ0n) is 19.4. The zero-order valence-corrected chi connectivity index (χ0v) is 19.4. The molecular formula is C25H27F3N4O3. The van der Waals surface area contributed by atoms with E-state index in [9.17, 15) is 18.0 Å². The van der Waals surface area contributed by atoms with E-state index in [2.05, 4.69) is 15.0 Å². The molecule has 186 valence electrons.